The van der Waals surface area contributed by atoms with Crippen LogP contribution < -0.4 is 4.90 Å². The number of hydrogen-bond acceptors (Lipinski definition) is 5. The molecule has 0 spiro atoms. The molecule has 1 aromatic carbocycles. The van der Waals surface area contributed by atoms with E-state index in [9.17, 15) is 15.2 Å². The van der Waals surface area contributed by atoms with Gasteiger partial charge in [0.05, 0.1) is 28.7 Å². The molecule has 0 saturated carbocycles. The average molecular weight is 289 g/mol. The van der Waals surface area contributed by atoms with Crippen molar-refractivity contribution in [1.82, 2.24) is 0 Å². The maximum Gasteiger partial charge on any atom is 0.293 e. The van der Waals surface area contributed by atoms with Crippen LogP contribution in [0.5, 0.6) is 0 Å². The fourth-order valence-corrected chi connectivity index (χ4v) is 3.25. The van der Waals surface area contributed by atoms with E-state index >= 15 is 0 Å². The number of anilines is 1. The van der Waals surface area contributed by atoms with E-state index in [0.29, 0.717) is 12.2 Å². The first kappa shape index (κ1) is 15.3. The summed E-state index contributed by atoms with van der Waals surface area (Å²) in [6.45, 7) is 2.71. The van der Waals surface area contributed by atoms with Gasteiger partial charge in [0.1, 0.15) is 5.69 Å². The van der Waals surface area contributed by atoms with Crippen LogP contribution in [0.4, 0.5) is 11.4 Å². The van der Waals surface area contributed by atoms with E-state index in [4.69, 9.17) is 5.26 Å². The molecule has 6 nitrogen and oxygen atoms in total. The zero-order chi connectivity index (χ0) is 15.5. The summed E-state index contributed by atoms with van der Waals surface area (Å²) in [5.74, 6) is 0. The summed E-state index contributed by atoms with van der Waals surface area (Å²) < 4.78 is 0. The molecular formula is C15H19N3O3. The van der Waals surface area contributed by atoms with Crippen LogP contribution in [-0.2, 0) is 0 Å². The number of aliphatic hydroxyl groups is 1. The lowest BCUT2D eigenvalue weighted by molar-refractivity contribution is -0.384. The van der Waals surface area contributed by atoms with Crippen molar-refractivity contribution in [3.05, 3.63) is 33.9 Å². The number of aliphatic hydroxyl groups excluding tert-OH is 1. The highest BCUT2D eigenvalue weighted by molar-refractivity contribution is 5.67. The van der Waals surface area contributed by atoms with Crippen molar-refractivity contribution in [2.45, 2.75) is 38.1 Å². The van der Waals surface area contributed by atoms with Crippen LogP contribution in [0.3, 0.4) is 0 Å². The lowest BCUT2D eigenvalue weighted by atomic mass is 9.91. The van der Waals surface area contributed by atoms with Gasteiger partial charge >= 0.3 is 0 Å². The van der Waals surface area contributed by atoms with Gasteiger partial charge in [-0.15, -0.1) is 0 Å². The number of nitriles is 1. The first-order valence-corrected chi connectivity index (χ1v) is 7.15. The number of hydrogen-bond donors (Lipinski definition) is 1. The second-order valence-electron chi connectivity index (χ2n) is 5.46. The van der Waals surface area contributed by atoms with Crippen molar-refractivity contribution in [3.63, 3.8) is 0 Å². The summed E-state index contributed by atoms with van der Waals surface area (Å²) in [5, 5.41) is 30.1. The van der Waals surface area contributed by atoms with Gasteiger partial charge in [-0.3, -0.25) is 10.1 Å². The zero-order valence-electron chi connectivity index (χ0n) is 12.1. The molecular weight excluding hydrogens is 270 g/mol. The third kappa shape index (κ3) is 2.69. The lowest BCUT2D eigenvalue weighted by Crippen LogP contribution is -2.47. The molecule has 0 amide bonds. The number of benzene rings is 1. The molecule has 0 bridgehead atoms. The molecule has 0 unspecified atom stereocenters. The highest BCUT2D eigenvalue weighted by atomic mass is 16.6. The first-order chi connectivity index (χ1) is 10.1. The minimum Gasteiger partial charge on any atom is -0.394 e. The van der Waals surface area contributed by atoms with Gasteiger partial charge in [0, 0.05) is 12.6 Å². The van der Waals surface area contributed by atoms with E-state index in [1.165, 1.54) is 6.07 Å². The fourth-order valence-electron chi connectivity index (χ4n) is 3.25. The Kier molecular flexibility index (Phi) is 4.43. The zero-order valence-corrected chi connectivity index (χ0v) is 12.1. The van der Waals surface area contributed by atoms with Crippen molar-refractivity contribution < 1.29 is 10.0 Å². The Morgan fingerprint density at radius 1 is 1.57 bits per heavy atom. The number of nitro benzene ring substituents is 1. The molecule has 1 heterocycles. The van der Waals surface area contributed by atoms with Gasteiger partial charge < -0.3 is 10.0 Å². The van der Waals surface area contributed by atoms with E-state index in [1.807, 2.05) is 17.9 Å². The second-order valence-corrected chi connectivity index (χ2v) is 5.46. The standard InChI is InChI=1S/C15H19N3O3/c1-2-6-15(11-19)7-3-8-17(15)13-5-4-12(10-16)9-14(13)18(20)21/h4-5,9,19H,2-3,6-8,11H2,1H3/t15-/m0/s1. The smallest absolute Gasteiger partial charge is 0.293 e. The molecule has 1 atom stereocenters. The van der Waals surface area contributed by atoms with Crippen molar-refractivity contribution >= 4 is 11.4 Å². The van der Waals surface area contributed by atoms with Crippen LogP contribution in [0.25, 0.3) is 0 Å². The van der Waals surface area contributed by atoms with Gasteiger partial charge in [0.15, 0.2) is 0 Å². The van der Waals surface area contributed by atoms with Crippen molar-refractivity contribution in [2.75, 3.05) is 18.1 Å². The molecule has 2 rings (SSSR count). The van der Waals surface area contributed by atoms with E-state index in [1.54, 1.807) is 12.1 Å². The molecule has 1 aromatic rings. The molecule has 21 heavy (non-hydrogen) atoms. The van der Waals surface area contributed by atoms with Crippen LogP contribution in [0.15, 0.2) is 18.2 Å². The SMILES string of the molecule is CCC[C@@]1(CO)CCCN1c1ccc(C#N)cc1[N+](=O)[O-]. The van der Waals surface area contributed by atoms with Crippen LogP contribution in [0.1, 0.15) is 38.2 Å². The number of nitro groups is 1. The Hall–Kier alpha value is -2.13. The monoisotopic (exact) mass is 289 g/mol. The van der Waals surface area contributed by atoms with E-state index < -0.39 is 10.5 Å². The van der Waals surface area contributed by atoms with E-state index in [2.05, 4.69) is 0 Å². The van der Waals surface area contributed by atoms with Gasteiger partial charge in [-0.1, -0.05) is 13.3 Å². The van der Waals surface area contributed by atoms with Gasteiger partial charge in [-0.2, -0.15) is 5.26 Å². The Morgan fingerprint density at radius 2 is 2.33 bits per heavy atom. The van der Waals surface area contributed by atoms with Crippen LogP contribution >= 0.6 is 0 Å². The van der Waals surface area contributed by atoms with Crippen LogP contribution in [0.2, 0.25) is 0 Å². The summed E-state index contributed by atoms with van der Waals surface area (Å²) in [4.78, 5) is 12.8. The normalized spacial score (nSPS) is 21.3. The van der Waals surface area contributed by atoms with Gasteiger partial charge in [0.2, 0.25) is 0 Å². The second kappa shape index (κ2) is 6.10. The third-order valence-corrected chi connectivity index (χ3v) is 4.20. The predicted molar refractivity (Wildman–Crippen MR) is 79.1 cm³/mol. The fraction of sp³-hybridized carbons (Fsp3) is 0.533. The molecule has 0 radical (unpaired) electrons. The van der Waals surface area contributed by atoms with E-state index in [-0.39, 0.29) is 17.9 Å². The maximum atomic E-state index is 11.3. The van der Waals surface area contributed by atoms with Gasteiger partial charge in [0.25, 0.3) is 5.69 Å². The van der Waals surface area contributed by atoms with Crippen molar-refractivity contribution in [1.29, 1.82) is 5.26 Å². The largest absolute Gasteiger partial charge is 0.394 e. The minimum absolute atomic E-state index is 0.0159. The predicted octanol–water partition coefficient (Wildman–Crippen LogP) is 2.60. The van der Waals surface area contributed by atoms with Crippen molar-refractivity contribution in [3.8, 4) is 6.07 Å². The number of nitrogens with zero attached hydrogens (tertiary/aromatic N) is 3. The summed E-state index contributed by atoms with van der Waals surface area (Å²) >= 11 is 0. The molecule has 1 aliphatic rings. The summed E-state index contributed by atoms with van der Waals surface area (Å²) in [5.41, 5.74) is 0.284. The molecule has 1 fully saturated rings. The summed E-state index contributed by atoms with van der Waals surface area (Å²) in [6, 6.07) is 6.45. The quantitative estimate of drug-likeness (QED) is 0.664. The van der Waals surface area contributed by atoms with Crippen LogP contribution in [-0.4, -0.2) is 28.7 Å². The molecule has 1 N–H and O–H groups in total. The topological polar surface area (TPSA) is 90.4 Å². The third-order valence-electron chi connectivity index (χ3n) is 4.20. The minimum atomic E-state index is -0.456. The van der Waals surface area contributed by atoms with E-state index in [0.717, 1.165) is 25.7 Å². The van der Waals surface area contributed by atoms with Crippen molar-refractivity contribution in [2.24, 2.45) is 0 Å². The maximum absolute atomic E-state index is 11.3. The Morgan fingerprint density at radius 3 is 2.90 bits per heavy atom. The Bertz CT molecular complexity index is 582. The molecule has 0 aromatic heterocycles. The number of rotatable bonds is 5. The van der Waals surface area contributed by atoms with Crippen LogP contribution in [0, 0.1) is 21.4 Å². The Balaban J connectivity index is 2.50. The molecule has 1 saturated heterocycles. The first-order valence-electron chi connectivity index (χ1n) is 7.15. The summed E-state index contributed by atoms with van der Waals surface area (Å²) in [6.07, 6.45) is 3.42. The highest BCUT2D eigenvalue weighted by Gasteiger charge is 2.42. The molecule has 0 aliphatic carbocycles. The molecule has 112 valence electrons. The Labute approximate surface area is 123 Å². The van der Waals surface area contributed by atoms with Gasteiger partial charge in [-0.25, -0.2) is 0 Å². The average Bonchev–Trinajstić information content (AvgIpc) is 2.91. The lowest BCUT2D eigenvalue weighted by Gasteiger charge is -2.38. The molecule has 1 aliphatic heterocycles. The van der Waals surface area contributed by atoms with Gasteiger partial charge in [-0.05, 0) is 31.4 Å². The molecule has 6 heteroatoms. The highest BCUT2D eigenvalue weighted by Crippen LogP contribution is 2.41. The summed E-state index contributed by atoms with van der Waals surface area (Å²) in [7, 11) is 0.